The second-order valence-electron chi connectivity index (χ2n) is 5.67. The van der Waals surface area contributed by atoms with Gasteiger partial charge in [-0.15, -0.1) is 11.3 Å². The molecule has 0 unspecified atom stereocenters. The van der Waals surface area contributed by atoms with Gasteiger partial charge in [0, 0.05) is 34.5 Å². The first-order valence-electron chi connectivity index (χ1n) is 6.40. The highest BCUT2D eigenvalue weighted by molar-refractivity contribution is 7.13. The van der Waals surface area contributed by atoms with Gasteiger partial charge in [-0.2, -0.15) is 0 Å². The molecule has 0 bridgehead atoms. The Morgan fingerprint density at radius 1 is 1.43 bits per heavy atom. The number of benzene rings is 1. The van der Waals surface area contributed by atoms with Gasteiger partial charge >= 0.3 is 0 Å². The highest BCUT2D eigenvalue weighted by Crippen LogP contribution is 2.28. The van der Waals surface area contributed by atoms with Crippen molar-refractivity contribution in [2.75, 3.05) is 5.32 Å². The normalized spacial score (nSPS) is 11.4. The Labute approximate surface area is 132 Å². The van der Waals surface area contributed by atoms with Gasteiger partial charge in [0.25, 0.3) is 5.69 Å². The molecule has 0 spiro atoms. The summed E-state index contributed by atoms with van der Waals surface area (Å²) < 4.78 is 0. The molecule has 0 aliphatic carbocycles. The molecule has 0 atom stereocenters. The van der Waals surface area contributed by atoms with Gasteiger partial charge in [0.15, 0.2) is 5.13 Å². The Bertz CT molecular complexity index is 664. The van der Waals surface area contributed by atoms with Crippen LogP contribution < -0.4 is 5.32 Å². The van der Waals surface area contributed by atoms with Crippen LogP contribution in [0, 0.1) is 10.1 Å². The first kappa shape index (κ1) is 15.7. The number of nitro benzene ring substituents is 1. The van der Waals surface area contributed by atoms with Gasteiger partial charge in [0.2, 0.25) is 0 Å². The molecule has 2 aromatic rings. The minimum Gasteiger partial charge on any atom is -0.357 e. The molecule has 0 aliphatic rings. The Balaban J connectivity index is 2.11. The molecular weight excluding hydrogens is 310 g/mol. The van der Waals surface area contributed by atoms with E-state index in [1.54, 1.807) is 6.07 Å². The van der Waals surface area contributed by atoms with Crippen LogP contribution in [0.4, 0.5) is 10.8 Å². The predicted octanol–water partition coefficient (Wildman–Crippen LogP) is 4.61. The topological polar surface area (TPSA) is 68.1 Å². The van der Waals surface area contributed by atoms with Crippen LogP contribution in [-0.2, 0) is 12.0 Å². The third kappa shape index (κ3) is 3.92. The van der Waals surface area contributed by atoms with E-state index in [9.17, 15) is 10.1 Å². The summed E-state index contributed by atoms with van der Waals surface area (Å²) in [5.41, 5.74) is 1.73. The number of nitrogens with one attached hydrogen (secondary N) is 1. The summed E-state index contributed by atoms with van der Waals surface area (Å²) in [4.78, 5) is 14.9. The number of rotatable bonds is 4. The van der Waals surface area contributed by atoms with Gasteiger partial charge in [-0.1, -0.05) is 32.4 Å². The van der Waals surface area contributed by atoms with Crippen LogP contribution in [0.1, 0.15) is 32.0 Å². The average molecular weight is 326 g/mol. The van der Waals surface area contributed by atoms with E-state index in [-0.39, 0.29) is 11.1 Å². The molecule has 0 saturated carbocycles. The number of hydrogen-bond acceptors (Lipinski definition) is 5. The molecule has 0 aliphatic heterocycles. The number of hydrogen-bond donors (Lipinski definition) is 1. The molecule has 1 aromatic carbocycles. The quantitative estimate of drug-likeness (QED) is 0.658. The van der Waals surface area contributed by atoms with Crippen LogP contribution in [0.15, 0.2) is 23.6 Å². The predicted molar refractivity (Wildman–Crippen MR) is 86.2 cm³/mol. The Kier molecular flexibility index (Phi) is 4.49. The van der Waals surface area contributed by atoms with Crippen molar-refractivity contribution >= 4 is 33.8 Å². The highest BCUT2D eigenvalue weighted by Gasteiger charge is 2.17. The SMILES string of the molecule is CC(C)(C)c1csc(NCc2cc([N+](=O)[O-])ccc2Cl)n1. The zero-order valence-electron chi connectivity index (χ0n) is 12.0. The van der Waals surface area contributed by atoms with Crippen molar-refractivity contribution in [3.63, 3.8) is 0 Å². The summed E-state index contributed by atoms with van der Waals surface area (Å²) in [6, 6.07) is 4.42. The molecule has 1 aromatic heterocycles. The molecule has 0 radical (unpaired) electrons. The molecule has 112 valence electrons. The number of aromatic nitrogens is 1. The van der Waals surface area contributed by atoms with E-state index in [4.69, 9.17) is 11.6 Å². The zero-order chi connectivity index (χ0) is 15.6. The Morgan fingerprint density at radius 2 is 2.14 bits per heavy atom. The number of halogens is 1. The molecular formula is C14H16ClN3O2S. The van der Waals surface area contributed by atoms with E-state index in [1.165, 1.54) is 23.5 Å². The van der Waals surface area contributed by atoms with Gasteiger partial charge in [-0.3, -0.25) is 10.1 Å². The fourth-order valence-electron chi connectivity index (χ4n) is 1.68. The van der Waals surface area contributed by atoms with Crippen LogP contribution >= 0.6 is 22.9 Å². The monoisotopic (exact) mass is 325 g/mol. The fraction of sp³-hybridized carbons (Fsp3) is 0.357. The van der Waals surface area contributed by atoms with Crippen molar-refractivity contribution in [3.8, 4) is 0 Å². The zero-order valence-corrected chi connectivity index (χ0v) is 13.6. The van der Waals surface area contributed by atoms with Crippen LogP contribution in [0.2, 0.25) is 5.02 Å². The van der Waals surface area contributed by atoms with Gasteiger partial charge in [-0.05, 0) is 11.6 Å². The number of thiazole rings is 1. The third-order valence-electron chi connectivity index (χ3n) is 2.94. The van der Waals surface area contributed by atoms with E-state index < -0.39 is 4.92 Å². The molecule has 1 heterocycles. The van der Waals surface area contributed by atoms with E-state index in [0.29, 0.717) is 17.1 Å². The maximum Gasteiger partial charge on any atom is 0.269 e. The van der Waals surface area contributed by atoms with Crippen molar-refractivity contribution in [1.29, 1.82) is 0 Å². The smallest absolute Gasteiger partial charge is 0.269 e. The van der Waals surface area contributed by atoms with Crippen molar-refractivity contribution in [1.82, 2.24) is 4.98 Å². The second-order valence-corrected chi connectivity index (χ2v) is 6.94. The lowest BCUT2D eigenvalue weighted by Crippen LogP contribution is -2.11. The van der Waals surface area contributed by atoms with Crippen molar-refractivity contribution in [2.45, 2.75) is 32.7 Å². The molecule has 21 heavy (non-hydrogen) atoms. The highest BCUT2D eigenvalue weighted by atomic mass is 35.5. The average Bonchev–Trinajstić information content (AvgIpc) is 2.86. The fourth-order valence-corrected chi connectivity index (χ4v) is 2.80. The Hall–Kier alpha value is -1.66. The molecule has 5 nitrogen and oxygen atoms in total. The van der Waals surface area contributed by atoms with Crippen LogP contribution in [0.5, 0.6) is 0 Å². The maximum atomic E-state index is 10.8. The van der Waals surface area contributed by atoms with E-state index >= 15 is 0 Å². The van der Waals surface area contributed by atoms with Crippen LogP contribution in [0.25, 0.3) is 0 Å². The van der Waals surface area contributed by atoms with Gasteiger partial charge in [0.05, 0.1) is 10.6 Å². The van der Waals surface area contributed by atoms with Crippen molar-refractivity contribution in [2.24, 2.45) is 0 Å². The minimum absolute atomic E-state index is 0.000388. The van der Waals surface area contributed by atoms with Gasteiger partial charge in [0.1, 0.15) is 0 Å². The number of non-ortho nitro benzene ring substituents is 1. The Morgan fingerprint density at radius 3 is 2.71 bits per heavy atom. The lowest BCUT2D eigenvalue weighted by Gasteiger charge is -2.14. The van der Waals surface area contributed by atoms with Crippen molar-refractivity contribution in [3.05, 3.63) is 50.0 Å². The summed E-state index contributed by atoms with van der Waals surface area (Å²) >= 11 is 7.58. The standard InChI is InChI=1S/C14H16ClN3O2S/c1-14(2,3)12-8-21-13(17-12)16-7-9-6-10(18(19)20)4-5-11(9)15/h4-6,8H,7H2,1-3H3,(H,16,17). The largest absolute Gasteiger partial charge is 0.357 e. The molecule has 0 fully saturated rings. The number of nitro groups is 1. The van der Waals surface area contributed by atoms with Gasteiger partial charge < -0.3 is 5.32 Å². The van der Waals surface area contributed by atoms with E-state index in [0.717, 1.165) is 10.8 Å². The van der Waals surface area contributed by atoms with Gasteiger partial charge in [-0.25, -0.2) is 4.98 Å². The number of anilines is 1. The summed E-state index contributed by atoms with van der Waals surface area (Å²) in [7, 11) is 0. The lowest BCUT2D eigenvalue weighted by molar-refractivity contribution is -0.384. The molecule has 2 rings (SSSR count). The first-order chi connectivity index (χ1) is 9.77. The van der Waals surface area contributed by atoms with E-state index in [1.807, 2.05) is 5.38 Å². The number of nitrogens with zero attached hydrogens (tertiary/aromatic N) is 2. The molecule has 7 heteroatoms. The third-order valence-corrected chi connectivity index (χ3v) is 4.11. The maximum absolute atomic E-state index is 10.8. The summed E-state index contributed by atoms with van der Waals surface area (Å²) in [6.07, 6.45) is 0. The van der Waals surface area contributed by atoms with Crippen molar-refractivity contribution < 1.29 is 4.92 Å². The summed E-state index contributed by atoms with van der Waals surface area (Å²) in [6.45, 7) is 6.70. The summed E-state index contributed by atoms with van der Waals surface area (Å²) in [5.74, 6) is 0. The molecule has 0 saturated heterocycles. The summed E-state index contributed by atoms with van der Waals surface area (Å²) in [5, 5.41) is 17.2. The van der Waals surface area contributed by atoms with Crippen LogP contribution in [-0.4, -0.2) is 9.91 Å². The van der Waals surface area contributed by atoms with Crippen LogP contribution in [0.3, 0.4) is 0 Å². The second kappa shape index (κ2) is 5.99. The first-order valence-corrected chi connectivity index (χ1v) is 7.66. The molecule has 0 amide bonds. The minimum atomic E-state index is -0.430. The van der Waals surface area contributed by atoms with E-state index in [2.05, 4.69) is 31.1 Å². The molecule has 1 N–H and O–H groups in total. The lowest BCUT2D eigenvalue weighted by atomic mass is 9.93.